The van der Waals surface area contributed by atoms with E-state index in [-0.39, 0.29) is 5.91 Å². The van der Waals surface area contributed by atoms with E-state index in [9.17, 15) is 4.79 Å². The van der Waals surface area contributed by atoms with Crippen molar-refractivity contribution < 1.29 is 19.0 Å². The predicted molar refractivity (Wildman–Crippen MR) is 98.2 cm³/mol. The van der Waals surface area contributed by atoms with Crippen LogP contribution < -0.4 is 19.5 Å². The van der Waals surface area contributed by atoms with Crippen molar-refractivity contribution in [2.45, 2.75) is 0 Å². The highest BCUT2D eigenvalue weighted by Gasteiger charge is 2.23. The van der Waals surface area contributed by atoms with Gasteiger partial charge in [-0.1, -0.05) is 23.2 Å². The Bertz CT molecular complexity index is 783. The molecular weight excluding hydrogens is 421 g/mol. The summed E-state index contributed by atoms with van der Waals surface area (Å²) in [6.45, 7) is 0. The number of hydrogen-bond acceptors (Lipinski definition) is 4. The van der Waals surface area contributed by atoms with E-state index < -0.39 is 0 Å². The molecule has 0 aliphatic carbocycles. The third-order valence-electron chi connectivity index (χ3n) is 3.19. The van der Waals surface area contributed by atoms with Gasteiger partial charge < -0.3 is 19.5 Å². The molecule has 0 heterocycles. The van der Waals surface area contributed by atoms with Crippen molar-refractivity contribution in [3.63, 3.8) is 0 Å². The molecule has 8 heteroatoms. The van der Waals surface area contributed by atoms with E-state index in [2.05, 4.69) is 21.2 Å². The highest BCUT2D eigenvalue weighted by atomic mass is 79.9. The Balaban J connectivity index is 2.43. The molecule has 0 saturated carbocycles. The molecule has 2 aromatic carbocycles. The van der Waals surface area contributed by atoms with Gasteiger partial charge in [0.15, 0.2) is 11.5 Å². The molecule has 0 saturated heterocycles. The van der Waals surface area contributed by atoms with Crippen LogP contribution in [-0.4, -0.2) is 27.2 Å². The van der Waals surface area contributed by atoms with Crippen molar-refractivity contribution >= 4 is 50.7 Å². The fourth-order valence-electron chi connectivity index (χ4n) is 2.06. The number of methoxy groups -OCH3 is 3. The summed E-state index contributed by atoms with van der Waals surface area (Å²) in [6, 6.07) is 6.37. The van der Waals surface area contributed by atoms with E-state index in [0.29, 0.717) is 43.0 Å². The fourth-order valence-corrected chi connectivity index (χ4v) is 2.99. The summed E-state index contributed by atoms with van der Waals surface area (Å²) in [5, 5.41) is 3.50. The van der Waals surface area contributed by atoms with Gasteiger partial charge in [-0.2, -0.15) is 0 Å². The standard InChI is InChI=1S/C16H14BrCl2NO4/c1-22-12-7-9(13(17)15(24-3)14(12)23-2)16(21)20-8-4-5-10(18)11(19)6-8/h4-7H,1-3H3,(H,20,21). The minimum Gasteiger partial charge on any atom is -0.493 e. The highest BCUT2D eigenvalue weighted by Crippen LogP contribution is 2.44. The summed E-state index contributed by atoms with van der Waals surface area (Å²) in [7, 11) is 4.44. The van der Waals surface area contributed by atoms with E-state index in [1.54, 1.807) is 24.3 Å². The second-order valence-electron chi connectivity index (χ2n) is 4.59. The van der Waals surface area contributed by atoms with Crippen molar-refractivity contribution in [3.05, 3.63) is 44.3 Å². The molecule has 0 spiro atoms. The Labute approximate surface area is 157 Å². The maximum Gasteiger partial charge on any atom is 0.257 e. The van der Waals surface area contributed by atoms with Crippen molar-refractivity contribution in [2.75, 3.05) is 26.6 Å². The zero-order chi connectivity index (χ0) is 17.9. The third-order valence-corrected chi connectivity index (χ3v) is 4.72. The molecule has 0 aromatic heterocycles. The topological polar surface area (TPSA) is 56.8 Å². The Morgan fingerprint density at radius 2 is 1.67 bits per heavy atom. The first-order valence-corrected chi connectivity index (χ1v) is 8.22. The molecule has 0 fully saturated rings. The zero-order valence-electron chi connectivity index (χ0n) is 13.1. The lowest BCUT2D eigenvalue weighted by molar-refractivity contribution is 0.102. The third kappa shape index (κ3) is 3.71. The molecule has 0 radical (unpaired) electrons. The molecule has 1 N–H and O–H groups in total. The van der Waals surface area contributed by atoms with E-state index in [1.165, 1.54) is 21.3 Å². The molecule has 0 aliphatic rings. The van der Waals surface area contributed by atoms with E-state index >= 15 is 0 Å². The zero-order valence-corrected chi connectivity index (χ0v) is 16.2. The van der Waals surface area contributed by atoms with Crippen molar-refractivity contribution in [1.82, 2.24) is 0 Å². The minimum atomic E-state index is -0.375. The van der Waals surface area contributed by atoms with E-state index in [4.69, 9.17) is 37.4 Å². The van der Waals surface area contributed by atoms with Crippen molar-refractivity contribution in [1.29, 1.82) is 0 Å². The van der Waals surface area contributed by atoms with Crippen LogP contribution in [0.25, 0.3) is 0 Å². The molecule has 5 nitrogen and oxygen atoms in total. The van der Waals surface area contributed by atoms with Gasteiger partial charge in [-0.15, -0.1) is 0 Å². The first kappa shape index (κ1) is 18.7. The molecule has 0 unspecified atom stereocenters. The Morgan fingerprint density at radius 3 is 2.21 bits per heavy atom. The summed E-state index contributed by atoms with van der Waals surface area (Å²) in [4.78, 5) is 12.6. The van der Waals surface area contributed by atoms with Crippen LogP contribution in [0.3, 0.4) is 0 Å². The van der Waals surface area contributed by atoms with Crippen molar-refractivity contribution in [2.24, 2.45) is 0 Å². The number of hydrogen-bond donors (Lipinski definition) is 1. The van der Waals surface area contributed by atoms with Crippen LogP contribution in [0.2, 0.25) is 10.0 Å². The maximum absolute atomic E-state index is 12.6. The molecule has 2 aromatic rings. The molecule has 24 heavy (non-hydrogen) atoms. The summed E-state index contributed by atoms with van der Waals surface area (Å²) in [6.07, 6.45) is 0. The first-order valence-electron chi connectivity index (χ1n) is 6.67. The second kappa shape index (κ2) is 7.96. The van der Waals surface area contributed by atoms with Gasteiger partial charge in [0, 0.05) is 5.69 Å². The lowest BCUT2D eigenvalue weighted by Crippen LogP contribution is -2.13. The Hall–Kier alpha value is -1.63. The number of halogens is 3. The van der Waals surface area contributed by atoms with Crippen molar-refractivity contribution in [3.8, 4) is 17.2 Å². The maximum atomic E-state index is 12.6. The summed E-state index contributed by atoms with van der Waals surface area (Å²) in [5.74, 6) is 0.741. The Morgan fingerprint density at radius 1 is 1.00 bits per heavy atom. The quantitative estimate of drug-likeness (QED) is 0.716. The van der Waals surface area contributed by atoms with Gasteiger partial charge in [0.05, 0.1) is 41.4 Å². The number of anilines is 1. The molecular formula is C16H14BrCl2NO4. The van der Waals surface area contributed by atoms with Gasteiger partial charge in [0.25, 0.3) is 5.91 Å². The molecule has 0 bridgehead atoms. The molecule has 1 amide bonds. The normalized spacial score (nSPS) is 10.2. The fraction of sp³-hybridized carbons (Fsp3) is 0.188. The minimum absolute atomic E-state index is 0.315. The molecule has 128 valence electrons. The van der Waals surface area contributed by atoms with Gasteiger partial charge in [0.2, 0.25) is 5.75 Å². The number of amides is 1. The monoisotopic (exact) mass is 433 g/mol. The molecule has 2 rings (SSSR count). The van der Waals surface area contributed by atoms with Gasteiger partial charge in [-0.25, -0.2) is 0 Å². The number of nitrogens with one attached hydrogen (secondary N) is 1. The molecule has 0 atom stereocenters. The van der Waals surface area contributed by atoms with Crippen LogP contribution in [0.15, 0.2) is 28.7 Å². The molecule has 0 aliphatic heterocycles. The van der Waals surface area contributed by atoms with Gasteiger partial charge in [-0.3, -0.25) is 4.79 Å². The second-order valence-corrected chi connectivity index (χ2v) is 6.20. The van der Waals surface area contributed by atoms with Crippen LogP contribution in [0.4, 0.5) is 5.69 Å². The van der Waals surface area contributed by atoms with Gasteiger partial charge in [-0.05, 0) is 40.2 Å². The van der Waals surface area contributed by atoms with Crippen LogP contribution >= 0.6 is 39.1 Å². The summed E-state index contributed by atoms with van der Waals surface area (Å²) in [5.41, 5.74) is 0.825. The van der Waals surface area contributed by atoms with E-state index in [1.807, 2.05) is 0 Å². The van der Waals surface area contributed by atoms with Crippen LogP contribution in [0.1, 0.15) is 10.4 Å². The number of benzene rings is 2. The average molecular weight is 435 g/mol. The van der Waals surface area contributed by atoms with E-state index in [0.717, 1.165) is 0 Å². The number of carbonyl (C=O) groups excluding carboxylic acids is 1. The van der Waals surface area contributed by atoms with Crippen LogP contribution in [0.5, 0.6) is 17.2 Å². The summed E-state index contributed by atoms with van der Waals surface area (Å²) >= 11 is 15.2. The number of ether oxygens (including phenoxy) is 3. The Kier molecular flexibility index (Phi) is 6.21. The lowest BCUT2D eigenvalue weighted by Gasteiger charge is -2.16. The smallest absolute Gasteiger partial charge is 0.257 e. The highest BCUT2D eigenvalue weighted by molar-refractivity contribution is 9.10. The van der Waals surface area contributed by atoms with Crippen LogP contribution in [0, 0.1) is 0 Å². The number of carbonyl (C=O) groups is 1. The van der Waals surface area contributed by atoms with Crippen LogP contribution in [-0.2, 0) is 0 Å². The lowest BCUT2D eigenvalue weighted by atomic mass is 10.1. The summed E-state index contributed by atoms with van der Waals surface area (Å²) < 4.78 is 16.3. The van der Waals surface area contributed by atoms with Gasteiger partial charge >= 0.3 is 0 Å². The largest absolute Gasteiger partial charge is 0.493 e. The van der Waals surface area contributed by atoms with Gasteiger partial charge in [0.1, 0.15) is 0 Å². The average Bonchev–Trinajstić information content (AvgIpc) is 2.57. The predicted octanol–water partition coefficient (Wildman–Crippen LogP) is 5.03. The number of rotatable bonds is 5. The SMILES string of the molecule is COc1cc(C(=O)Nc2ccc(Cl)c(Cl)c2)c(Br)c(OC)c1OC. The first-order chi connectivity index (χ1) is 11.4.